The smallest absolute Gasteiger partial charge is 0.0159 e. The van der Waals surface area contributed by atoms with E-state index < -0.39 is 0 Å². The van der Waals surface area contributed by atoms with Crippen LogP contribution in [0.25, 0.3) is 0 Å². The molecule has 0 saturated carbocycles. The maximum atomic E-state index is 4.41. The average molecular weight is 258 g/mol. The van der Waals surface area contributed by atoms with Crippen LogP contribution in [0.3, 0.4) is 0 Å². The summed E-state index contributed by atoms with van der Waals surface area (Å²) in [4.78, 5) is 0. The molecule has 0 N–H and O–H groups in total. The van der Waals surface area contributed by atoms with Gasteiger partial charge in [0.2, 0.25) is 0 Å². The van der Waals surface area contributed by atoms with E-state index in [0.29, 0.717) is 0 Å². The molecule has 0 unspecified atom stereocenters. The Morgan fingerprint density at radius 2 is 0.800 bits per heavy atom. The molecule has 1 rings (SSSR count). The molecule has 0 amide bonds. The minimum Gasteiger partial charge on any atom is -0.175 e. The summed E-state index contributed by atoms with van der Waals surface area (Å²) in [7, 11) is 0. The highest BCUT2D eigenvalue weighted by atomic mass is 32.1. The zero-order valence-electron chi connectivity index (χ0n) is 9.46. The van der Waals surface area contributed by atoms with Crippen molar-refractivity contribution < 1.29 is 0 Å². The van der Waals surface area contributed by atoms with Crippen LogP contribution >= 0.6 is 37.9 Å². The molecule has 84 valence electrons. The van der Waals surface area contributed by atoms with Gasteiger partial charge in [-0.3, -0.25) is 0 Å². The summed E-state index contributed by atoms with van der Waals surface area (Å²) in [6, 6.07) is 0. The predicted octanol–water partition coefficient (Wildman–Crippen LogP) is 3.90. The van der Waals surface area contributed by atoms with Crippen molar-refractivity contribution in [2.75, 3.05) is 0 Å². The summed E-state index contributed by atoms with van der Waals surface area (Å²) in [5.74, 6) is 2.37. The fourth-order valence-corrected chi connectivity index (χ4v) is 3.52. The van der Waals surface area contributed by atoms with Crippen LogP contribution < -0.4 is 0 Å². The molecule has 0 fully saturated rings. The maximum absolute atomic E-state index is 4.41. The van der Waals surface area contributed by atoms with Crippen LogP contribution in [0.4, 0.5) is 0 Å². The van der Waals surface area contributed by atoms with Gasteiger partial charge in [-0.1, -0.05) is 0 Å². The molecular weight excluding hydrogens is 240 g/mol. The third-order valence-electron chi connectivity index (χ3n) is 3.19. The van der Waals surface area contributed by atoms with Crippen molar-refractivity contribution in [1.82, 2.24) is 0 Å². The maximum Gasteiger partial charge on any atom is 0.0159 e. The summed E-state index contributed by atoms with van der Waals surface area (Å²) < 4.78 is 0. The van der Waals surface area contributed by atoms with Gasteiger partial charge >= 0.3 is 0 Å². The van der Waals surface area contributed by atoms with Gasteiger partial charge < -0.3 is 0 Å². The molecular formula is C12H18S3. The Morgan fingerprint density at radius 3 is 0.933 bits per heavy atom. The van der Waals surface area contributed by atoms with Gasteiger partial charge in [0.25, 0.3) is 0 Å². The minimum absolute atomic E-state index is 0.791. The summed E-state index contributed by atoms with van der Waals surface area (Å²) in [6.07, 6.45) is 0. The highest BCUT2D eigenvalue weighted by molar-refractivity contribution is 7.79. The molecule has 0 aromatic heterocycles. The first-order chi connectivity index (χ1) is 7.08. The third-order valence-corrected chi connectivity index (χ3v) is 4.14. The molecule has 0 aliphatic carbocycles. The first-order valence-electron chi connectivity index (χ1n) is 5.01. The highest BCUT2D eigenvalue weighted by Crippen LogP contribution is 2.30. The Morgan fingerprint density at radius 1 is 0.600 bits per heavy atom. The zero-order valence-corrected chi connectivity index (χ0v) is 12.1. The largest absolute Gasteiger partial charge is 0.175 e. The Kier molecular flexibility index (Phi) is 4.94. The Balaban J connectivity index is 3.57. The molecule has 0 spiro atoms. The van der Waals surface area contributed by atoms with Crippen LogP contribution in [-0.4, -0.2) is 0 Å². The van der Waals surface area contributed by atoms with Gasteiger partial charge in [-0.25, -0.2) is 0 Å². The van der Waals surface area contributed by atoms with E-state index in [1.54, 1.807) is 0 Å². The normalized spacial score (nSPS) is 10.8. The minimum atomic E-state index is 0.791. The van der Waals surface area contributed by atoms with Crippen molar-refractivity contribution in [3.8, 4) is 0 Å². The van der Waals surface area contributed by atoms with Gasteiger partial charge in [0.05, 0.1) is 0 Å². The van der Waals surface area contributed by atoms with Crippen molar-refractivity contribution in [2.45, 2.75) is 38.0 Å². The second-order valence-electron chi connectivity index (χ2n) is 3.79. The highest BCUT2D eigenvalue weighted by Gasteiger charge is 2.14. The molecule has 0 aliphatic rings. The Labute approximate surface area is 109 Å². The van der Waals surface area contributed by atoms with E-state index in [1.807, 2.05) is 0 Å². The second-order valence-corrected chi connectivity index (χ2v) is 4.73. The topological polar surface area (TPSA) is 0 Å². The monoisotopic (exact) mass is 258 g/mol. The fraction of sp³-hybridized carbons (Fsp3) is 0.500. The summed E-state index contributed by atoms with van der Waals surface area (Å²) in [5, 5.41) is 0. The summed E-state index contributed by atoms with van der Waals surface area (Å²) in [6.45, 7) is 6.50. The van der Waals surface area contributed by atoms with Gasteiger partial charge in [0.1, 0.15) is 0 Å². The van der Waals surface area contributed by atoms with Crippen LogP contribution in [0.2, 0.25) is 0 Å². The summed E-state index contributed by atoms with van der Waals surface area (Å²) in [5.41, 5.74) is 8.08. The molecule has 1 aromatic rings. The molecule has 0 heterocycles. The van der Waals surface area contributed by atoms with Crippen molar-refractivity contribution in [3.05, 3.63) is 33.4 Å². The quantitative estimate of drug-likeness (QED) is 0.673. The van der Waals surface area contributed by atoms with Crippen LogP contribution in [0.15, 0.2) is 0 Å². The van der Waals surface area contributed by atoms with Crippen molar-refractivity contribution >= 4 is 37.9 Å². The number of rotatable bonds is 3. The van der Waals surface area contributed by atoms with E-state index >= 15 is 0 Å². The van der Waals surface area contributed by atoms with E-state index in [-0.39, 0.29) is 0 Å². The zero-order chi connectivity index (χ0) is 11.6. The molecule has 3 heteroatoms. The molecule has 0 radical (unpaired) electrons. The number of benzene rings is 1. The van der Waals surface area contributed by atoms with Gasteiger partial charge in [0.15, 0.2) is 0 Å². The first-order valence-corrected chi connectivity index (χ1v) is 6.91. The molecule has 0 bridgehead atoms. The van der Waals surface area contributed by atoms with E-state index in [0.717, 1.165) is 17.3 Å². The van der Waals surface area contributed by atoms with Crippen molar-refractivity contribution in [2.24, 2.45) is 0 Å². The first kappa shape index (κ1) is 13.3. The van der Waals surface area contributed by atoms with Crippen molar-refractivity contribution in [3.63, 3.8) is 0 Å². The van der Waals surface area contributed by atoms with Crippen molar-refractivity contribution in [1.29, 1.82) is 0 Å². The lowest BCUT2D eigenvalue weighted by atomic mass is 9.90. The van der Waals surface area contributed by atoms with E-state index in [4.69, 9.17) is 0 Å². The van der Waals surface area contributed by atoms with Crippen LogP contribution in [-0.2, 0) is 17.3 Å². The average Bonchev–Trinajstić information content (AvgIpc) is 2.19. The lowest BCUT2D eigenvalue weighted by Gasteiger charge is -2.19. The number of hydrogen-bond donors (Lipinski definition) is 3. The lowest BCUT2D eigenvalue weighted by molar-refractivity contribution is 1.10. The van der Waals surface area contributed by atoms with E-state index in [9.17, 15) is 0 Å². The van der Waals surface area contributed by atoms with E-state index in [2.05, 4.69) is 58.7 Å². The third kappa shape index (κ3) is 2.34. The van der Waals surface area contributed by atoms with Crippen LogP contribution in [0, 0.1) is 20.8 Å². The lowest BCUT2D eigenvalue weighted by Crippen LogP contribution is -2.04. The fourth-order valence-electron chi connectivity index (χ4n) is 2.10. The SMILES string of the molecule is Cc1c(CS)c(C)c(CS)c(C)c1CS. The van der Waals surface area contributed by atoms with Gasteiger partial charge in [-0.05, 0) is 54.2 Å². The molecule has 15 heavy (non-hydrogen) atoms. The van der Waals surface area contributed by atoms with Crippen LogP contribution in [0.5, 0.6) is 0 Å². The van der Waals surface area contributed by atoms with Crippen LogP contribution in [0.1, 0.15) is 33.4 Å². The second kappa shape index (κ2) is 5.55. The summed E-state index contributed by atoms with van der Waals surface area (Å²) >= 11 is 13.2. The molecule has 0 nitrogen and oxygen atoms in total. The Hall–Kier alpha value is 0.270. The predicted molar refractivity (Wildman–Crippen MR) is 78.7 cm³/mol. The molecule has 0 aliphatic heterocycles. The number of hydrogen-bond acceptors (Lipinski definition) is 3. The van der Waals surface area contributed by atoms with Gasteiger partial charge in [-0.2, -0.15) is 37.9 Å². The molecule has 0 atom stereocenters. The van der Waals surface area contributed by atoms with Gasteiger partial charge in [-0.15, -0.1) is 0 Å². The standard InChI is InChI=1S/C12H18S3/c1-7-10(4-13)8(2)12(6-15)9(3)11(7)5-14/h13-15H,4-6H2,1-3H3. The molecule has 0 saturated heterocycles. The number of thiol groups is 3. The Bertz CT molecular complexity index is 291. The van der Waals surface area contributed by atoms with E-state index in [1.165, 1.54) is 33.4 Å². The molecule has 1 aromatic carbocycles. The van der Waals surface area contributed by atoms with Gasteiger partial charge in [0, 0.05) is 17.3 Å².